The largest absolute Gasteiger partial charge is 0.493 e. The molecule has 0 aliphatic carbocycles. The third kappa shape index (κ3) is 3.41. The molecule has 0 saturated heterocycles. The lowest BCUT2D eigenvalue weighted by Gasteiger charge is -2.14. The normalized spacial score (nSPS) is 10.9. The van der Waals surface area contributed by atoms with Gasteiger partial charge in [-0.1, -0.05) is 12.1 Å². The van der Waals surface area contributed by atoms with Gasteiger partial charge in [0.15, 0.2) is 22.8 Å². The number of nitrogens with one attached hydrogen (secondary N) is 1. The average Bonchev–Trinajstić information content (AvgIpc) is 3.08. The zero-order chi connectivity index (χ0) is 21.3. The van der Waals surface area contributed by atoms with E-state index in [1.54, 1.807) is 51.8 Å². The number of rotatable bonds is 6. The van der Waals surface area contributed by atoms with E-state index in [9.17, 15) is 4.79 Å². The second kappa shape index (κ2) is 7.78. The van der Waals surface area contributed by atoms with Gasteiger partial charge in [0.05, 0.1) is 39.8 Å². The Hall–Kier alpha value is -4.01. The van der Waals surface area contributed by atoms with Crippen molar-refractivity contribution >= 4 is 17.0 Å². The van der Waals surface area contributed by atoms with Crippen LogP contribution in [-0.4, -0.2) is 40.8 Å². The lowest BCUT2D eigenvalue weighted by molar-refractivity contribution is 0.324. The summed E-state index contributed by atoms with van der Waals surface area (Å²) in [6, 6.07) is 10.9. The zero-order valence-electron chi connectivity index (χ0n) is 16.8. The van der Waals surface area contributed by atoms with E-state index in [4.69, 9.17) is 19.9 Å². The maximum atomic E-state index is 12.5. The molecule has 9 heteroatoms. The lowest BCUT2D eigenvalue weighted by atomic mass is 10.1. The summed E-state index contributed by atoms with van der Waals surface area (Å²) >= 11 is 0. The summed E-state index contributed by atoms with van der Waals surface area (Å²) in [4.78, 5) is 24.3. The number of ether oxygens (including phenoxy) is 3. The Morgan fingerprint density at radius 2 is 1.70 bits per heavy atom. The molecule has 0 aliphatic rings. The number of aromatic nitrogens is 4. The summed E-state index contributed by atoms with van der Waals surface area (Å²) in [5.41, 5.74) is 9.18. The van der Waals surface area contributed by atoms with Gasteiger partial charge in [0.25, 0.3) is 0 Å². The van der Waals surface area contributed by atoms with Gasteiger partial charge in [-0.3, -0.25) is 9.55 Å². The molecule has 4 rings (SSSR count). The Bertz CT molecular complexity index is 1240. The van der Waals surface area contributed by atoms with Gasteiger partial charge in [0, 0.05) is 11.3 Å². The number of H-pyrrole nitrogens is 1. The molecular weight excluding hydrogens is 386 g/mol. The van der Waals surface area contributed by atoms with Crippen LogP contribution in [0, 0.1) is 0 Å². The fourth-order valence-electron chi connectivity index (χ4n) is 3.24. The first-order valence-electron chi connectivity index (χ1n) is 9.14. The Morgan fingerprint density at radius 1 is 1.03 bits per heavy atom. The van der Waals surface area contributed by atoms with E-state index in [0.29, 0.717) is 52.0 Å². The molecule has 0 amide bonds. The van der Waals surface area contributed by atoms with Gasteiger partial charge < -0.3 is 19.9 Å². The van der Waals surface area contributed by atoms with Crippen LogP contribution in [0.4, 0.5) is 5.69 Å². The van der Waals surface area contributed by atoms with Crippen LogP contribution in [0.1, 0.15) is 5.56 Å². The number of hydrogen-bond donors (Lipinski definition) is 2. The van der Waals surface area contributed by atoms with Crippen molar-refractivity contribution in [3.8, 4) is 28.5 Å². The number of nitrogen functional groups attached to an aromatic ring is 1. The van der Waals surface area contributed by atoms with Crippen LogP contribution < -0.4 is 25.6 Å². The average molecular weight is 407 g/mol. The van der Waals surface area contributed by atoms with E-state index in [1.165, 1.54) is 4.57 Å². The number of imidazole rings is 1. The number of aromatic amines is 1. The number of benzene rings is 2. The van der Waals surface area contributed by atoms with Crippen molar-refractivity contribution < 1.29 is 14.2 Å². The van der Waals surface area contributed by atoms with Crippen LogP contribution >= 0.6 is 0 Å². The van der Waals surface area contributed by atoms with E-state index in [2.05, 4.69) is 15.0 Å². The van der Waals surface area contributed by atoms with Crippen molar-refractivity contribution in [2.75, 3.05) is 27.1 Å². The number of anilines is 1. The molecule has 2 heterocycles. The van der Waals surface area contributed by atoms with Crippen molar-refractivity contribution in [3.63, 3.8) is 0 Å². The molecule has 0 fully saturated rings. The van der Waals surface area contributed by atoms with Crippen LogP contribution in [0.5, 0.6) is 17.2 Å². The van der Waals surface area contributed by atoms with Crippen LogP contribution in [-0.2, 0) is 6.54 Å². The lowest BCUT2D eigenvalue weighted by Crippen LogP contribution is -2.17. The van der Waals surface area contributed by atoms with E-state index >= 15 is 0 Å². The molecule has 0 saturated carbocycles. The minimum Gasteiger partial charge on any atom is -0.493 e. The molecule has 2 aromatic heterocycles. The topological polar surface area (TPSA) is 117 Å². The Kier molecular flexibility index (Phi) is 5.01. The highest BCUT2D eigenvalue weighted by Crippen LogP contribution is 2.40. The molecule has 0 bridgehead atoms. The third-order valence-electron chi connectivity index (χ3n) is 4.76. The summed E-state index contributed by atoms with van der Waals surface area (Å²) in [6.07, 6.45) is 1.59. The predicted octanol–water partition coefficient (Wildman–Crippen LogP) is 2.44. The minimum absolute atomic E-state index is 0.288. The molecule has 9 nitrogen and oxygen atoms in total. The monoisotopic (exact) mass is 407 g/mol. The molecule has 3 N–H and O–H groups in total. The second-order valence-corrected chi connectivity index (χ2v) is 6.60. The van der Waals surface area contributed by atoms with Crippen molar-refractivity contribution in [1.82, 2.24) is 19.5 Å². The smallest absolute Gasteiger partial charge is 0.329 e. The molecule has 0 aliphatic heterocycles. The Balaban J connectivity index is 1.82. The van der Waals surface area contributed by atoms with Crippen molar-refractivity contribution in [2.24, 2.45) is 0 Å². The first-order valence-corrected chi connectivity index (χ1v) is 9.14. The SMILES string of the molecule is COc1cc(-c2cnc3[nH]c(=O)n(Cc4ccc(N)cc4)c3n2)cc(OC)c1OC. The molecule has 0 atom stereocenters. The van der Waals surface area contributed by atoms with E-state index in [1.807, 2.05) is 12.1 Å². The van der Waals surface area contributed by atoms with E-state index in [-0.39, 0.29) is 5.69 Å². The van der Waals surface area contributed by atoms with Gasteiger partial charge in [-0.2, -0.15) is 0 Å². The summed E-state index contributed by atoms with van der Waals surface area (Å²) in [6.45, 7) is 0.340. The first kappa shape index (κ1) is 19.3. The van der Waals surface area contributed by atoms with Gasteiger partial charge in [-0.25, -0.2) is 14.8 Å². The Morgan fingerprint density at radius 3 is 2.30 bits per heavy atom. The molecular formula is C21H21N5O4. The maximum absolute atomic E-state index is 12.5. The van der Waals surface area contributed by atoms with Gasteiger partial charge in [-0.05, 0) is 29.8 Å². The molecule has 154 valence electrons. The highest BCUT2D eigenvalue weighted by Gasteiger charge is 2.17. The molecule has 2 aromatic carbocycles. The highest BCUT2D eigenvalue weighted by molar-refractivity contribution is 5.73. The fourth-order valence-corrected chi connectivity index (χ4v) is 3.24. The predicted molar refractivity (Wildman–Crippen MR) is 113 cm³/mol. The second-order valence-electron chi connectivity index (χ2n) is 6.60. The number of fused-ring (bicyclic) bond motifs is 1. The van der Waals surface area contributed by atoms with Crippen molar-refractivity contribution in [3.05, 3.63) is 58.6 Å². The molecule has 30 heavy (non-hydrogen) atoms. The molecule has 0 radical (unpaired) electrons. The van der Waals surface area contributed by atoms with Crippen LogP contribution in [0.15, 0.2) is 47.4 Å². The highest BCUT2D eigenvalue weighted by atomic mass is 16.5. The number of nitrogens with two attached hydrogens (primary N) is 1. The fraction of sp³-hybridized carbons (Fsp3) is 0.190. The summed E-state index contributed by atoms with van der Waals surface area (Å²) in [5.74, 6) is 1.49. The van der Waals surface area contributed by atoms with Gasteiger partial charge >= 0.3 is 5.69 Å². The first-order chi connectivity index (χ1) is 14.5. The maximum Gasteiger partial charge on any atom is 0.329 e. The molecule has 4 aromatic rings. The molecule has 0 unspecified atom stereocenters. The Labute approximate surface area is 172 Å². The quantitative estimate of drug-likeness (QED) is 0.471. The summed E-state index contributed by atoms with van der Waals surface area (Å²) < 4.78 is 17.7. The standard InChI is InChI=1S/C21H21N5O4/c1-28-16-8-13(9-17(29-2)18(16)30-3)15-10-23-19-20(24-15)26(21(27)25-19)11-12-4-6-14(22)7-5-12/h4-10H,11,22H2,1-3H3,(H,23,25,27). The van der Waals surface area contributed by atoms with E-state index < -0.39 is 0 Å². The summed E-state index contributed by atoms with van der Waals surface area (Å²) in [5, 5.41) is 0. The molecule has 0 spiro atoms. The van der Waals surface area contributed by atoms with Crippen LogP contribution in [0.3, 0.4) is 0 Å². The number of methoxy groups -OCH3 is 3. The zero-order valence-corrected chi connectivity index (χ0v) is 16.8. The van der Waals surface area contributed by atoms with Gasteiger partial charge in [0.1, 0.15) is 0 Å². The minimum atomic E-state index is -0.288. The third-order valence-corrected chi connectivity index (χ3v) is 4.76. The van der Waals surface area contributed by atoms with Crippen LogP contribution in [0.25, 0.3) is 22.6 Å². The van der Waals surface area contributed by atoms with Gasteiger partial charge in [-0.15, -0.1) is 0 Å². The summed E-state index contributed by atoms with van der Waals surface area (Å²) in [7, 11) is 4.64. The van der Waals surface area contributed by atoms with Crippen molar-refractivity contribution in [2.45, 2.75) is 6.54 Å². The van der Waals surface area contributed by atoms with Crippen LogP contribution in [0.2, 0.25) is 0 Å². The number of nitrogens with zero attached hydrogens (tertiary/aromatic N) is 3. The van der Waals surface area contributed by atoms with E-state index in [0.717, 1.165) is 5.56 Å². The van der Waals surface area contributed by atoms with Crippen molar-refractivity contribution in [1.29, 1.82) is 0 Å². The number of hydrogen-bond acceptors (Lipinski definition) is 7. The van der Waals surface area contributed by atoms with Gasteiger partial charge in [0.2, 0.25) is 5.75 Å².